The molecule has 0 spiro atoms. The van der Waals surface area contributed by atoms with Crippen LogP contribution in [0.5, 0.6) is 5.75 Å². The summed E-state index contributed by atoms with van der Waals surface area (Å²) in [6.07, 6.45) is -0.485. The topological polar surface area (TPSA) is 64.1 Å². The molecule has 5 nitrogen and oxygen atoms in total. The largest absolute Gasteiger partial charge is 0.478 e. The summed E-state index contributed by atoms with van der Waals surface area (Å²) in [4.78, 5) is 12.4. The summed E-state index contributed by atoms with van der Waals surface area (Å²) in [5.41, 5.74) is 0.955. The van der Waals surface area contributed by atoms with Gasteiger partial charge in [0.2, 0.25) is 5.13 Å². The van der Waals surface area contributed by atoms with Crippen molar-refractivity contribution in [3.05, 3.63) is 65.7 Å². The fraction of sp³-hybridized carbons (Fsp3) is 0.211. The highest BCUT2D eigenvalue weighted by atomic mass is 32.2. The molecule has 146 valence electrons. The van der Waals surface area contributed by atoms with E-state index >= 15 is 0 Å². The van der Waals surface area contributed by atoms with Gasteiger partial charge in [-0.25, -0.2) is 8.78 Å². The van der Waals surface area contributed by atoms with E-state index in [1.807, 2.05) is 0 Å². The number of rotatable bonds is 8. The molecule has 2 aromatic carbocycles. The Labute approximate surface area is 169 Å². The third-order valence-corrected chi connectivity index (χ3v) is 5.72. The number of benzene rings is 2. The number of halogens is 2. The van der Waals surface area contributed by atoms with Gasteiger partial charge < -0.3 is 4.74 Å². The molecule has 0 radical (unpaired) electrons. The lowest BCUT2D eigenvalue weighted by atomic mass is 10.2. The van der Waals surface area contributed by atoms with Crippen LogP contribution in [-0.4, -0.2) is 22.2 Å². The molecule has 0 saturated heterocycles. The molecule has 1 N–H and O–H groups in total. The molecule has 0 saturated carbocycles. The van der Waals surface area contributed by atoms with Crippen LogP contribution in [0.2, 0.25) is 0 Å². The van der Waals surface area contributed by atoms with E-state index in [0.29, 0.717) is 21.6 Å². The SMILES string of the molecule is CCC(Oc1ccccc1F)C(=O)Nc1nnc(SCc2ccc(F)cc2)s1. The van der Waals surface area contributed by atoms with Gasteiger partial charge in [-0.3, -0.25) is 10.1 Å². The lowest BCUT2D eigenvalue weighted by molar-refractivity contribution is -0.122. The zero-order valence-electron chi connectivity index (χ0n) is 14.9. The highest BCUT2D eigenvalue weighted by Gasteiger charge is 2.21. The summed E-state index contributed by atoms with van der Waals surface area (Å²) < 4.78 is 32.8. The van der Waals surface area contributed by atoms with Crippen molar-refractivity contribution in [1.82, 2.24) is 10.2 Å². The maximum Gasteiger partial charge on any atom is 0.267 e. The van der Waals surface area contributed by atoms with E-state index in [1.165, 1.54) is 47.4 Å². The first-order valence-electron chi connectivity index (χ1n) is 8.48. The zero-order chi connectivity index (χ0) is 19.9. The summed E-state index contributed by atoms with van der Waals surface area (Å²) in [7, 11) is 0. The van der Waals surface area contributed by atoms with Crippen LogP contribution < -0.4 is 10.1 Å². The Kier molecular flexibility index (Phi) is 6.94. The number of nitrogens with one attached hydrogen (secondary N) is 1. The Balaban J connectivity index is 1.56. The van der Waals surface area contributed by atoms with Gasteiger partial charge in [-0.05, 0) is 36.2 Å². The fourth-order valence-electron chi connectivity index (χ4n) is 2.25. The quantitative estimate of drug-likeness (QED) is 0.414. The molecule has 3 aromatic rings. The first-order valence-corrected chi connectivity index (χ1v) is 10.3. The number of ether oxygens (including phenoxy) is 1. The van der Waals surface area contributed by atoms with Crippen molar-refractivity contribution in [2.45, 2.75) is 29.5 Å². The predicted molar refractivity (Wildman–Crippen MR) is 106 cm³/mol. The predicted octanol–water partition coefficient (Wildman–Crippen LogP) is 4.90. The normalized spacial score (nSPS) is 11.8. The van der Waals surface area contributed by atoms with Crippen LogP contribution in [0.15, 0.2) is 52.9 Å². The molecule has 1 unspecified atom stereocenters. The van der Waals surface area contributed by atoms with Crippen LogP contribution in [0.4, 0.5) is 13.9 Å². The molecule has 1 atom stereocenters. The molecular weight excluding hydrogens is 404 g/mol. The molecule has 1 aromatic heterocycles. The molecule has 0 aliphatic carbocycles. The zero-order valence-corrected chi connectivity index (χ0v) is 16.5. The minimum absolute atomic E-state index is 0.0253. The number of hydrogen-bond donors (Lipinski definition) is 1. The van der Waals surface area contributed by atoms with E-state index in [-0.39, 0.29) is 11.6 Å². The number of hydrogen-bond acceptors (Lipinski definition) is 6. The summed E-state index contributed by atoms with van der Waals surface area (Å²) in [5.74, 6) is -0.590. The van der Waals surface area contributed by atoms with Gasteiger partial charge in [-0.15, -0.1) is 10.2 Å². The Bertz CT molecular complexity index is 935. The molecule has 0 bridgehead atoms. The van der Waals surface area contributed by atoms with E-state index in [2.05, 4.69) is 15.5 Å². The number of para-hydroxylation sites is 1. The standard InChI is InChI=1S/C19H17F2N3O2S2/c1-2-15(26-16-6-4-3-5-14(16)21)17(25)22-18-23-24-19(28-18)27-11-12-7-9-13(20)10-8-12/h3-10,15H,2,11H2,1H3,(H,22,23,25). The van der Waals surface area contributed by atoms with Gasteiger partial charge in [0.05, 0.1) is 0 Å². The summed E-state index contributed by atoms with van der Waals surface area (Å²) in [6, 6.07) is 12.2. The number of anilines is 1. The molecule has 28 heavy (non-hydrogen) atoms. The maximum absolute atomic E-state index is 13.7. The van der Waals surface area contributed by atoms with Gasteiger partial charge in [0.1, 0.15) is 5.82 Å². The van der Waals surface area contributed by atoms with Crippen LogP contribution in [0.25, 0.3) is 0 Å². The molecule has 1 amide bonds. The number of aromatic nitrogens is 2. The Morgan fingerprint density at radius 1 is 1.18 bits per heavy atom. The van der Waals surface area contributed by atoms with Crippen LogP contribution in [0, 0.1) is 11.6 Å². The Morgan fingerprint density at radius 2 is 1.93 bits per heavy atom. The smallest absolute Gasteiger partial charge is 0.267 e. The van der Waals surface area contributed by atoms with Crippen molar-refractivity contribution in [3.8, 4) is 5.75 Å². The second-order valence-electron chi connectivity index (χ2n) is 5.72. The second-order valence-corrected chi connectivity index (χ2v) is 7.92. The summed E-state index contributed by atoms with van der Waals surface area (Å²) in [5, 5.41) is 11.0. The molecule has 1 heterocycles. The van der Waals surface area contributed by atoms with Gasteiger partial charge >= 0.3 is 0 Å². The number of thioether (sulfide) groups is 1. The van der Waals surface area contributed by atoms with E-state index in [0.717, 1.165) is 5.56 Å². The minimum atomic E-state index is -0.851. The fourth-order valence-corrected chi connectivity index (χ4v) is 3.96. The Hall–Kier alpha value is -2.52. The van der Waals surface area contributed by atoms with Crippen molar-refractivity contribution in [3.63, 3.8) is 0 Å². The van der Waals surface area contributed by atoms with Crippen molar-refractivity contribution >= 4 is 34.1 Å². The van der Waals surface area contributed by atoms with Crippen LogP contribution in [-0.2, 0) is 10.5 Å². The Morgan fingerprint density at radius 3 is 2.64 bits per heavy atom. The van der Waals surface area contributed by atoms with Gasteiger partial charge in [-0.1, -0.05) is 54.3 Å². The lowest BCUT2D eigenvalue weighted by Crippen LogP contribution is -2.32. The molecule has 0 fully saturated rings. The molecule has 0 aliphatic heterocycles. The third-order valence-electron chi connectivity index (χ3n) is 3.68. The number of amides is 1. The van der Waals surface area contributed by atoms with Crippen LogP contribution in [0.3, 0.4) is 0 Å². The number of carbonyl (C=O) groups excluding carboxylic acids is 1. The second kappa shape index (κ2) is 9.61. The molecule has 0 aliphatic rings. The van der Waals surface area contributed by atoms with E-state index < -0.39 is 17.8 Å². The first kappa shape index (κ1) is 20.2. The van der Waals surface area contributed by atoms with Crippen LogP contribution >= 0.6 is 23.1 Å². The average molecular weight is 421 g/mol. The van der Waals surface area contributed by atoms with E-state index in [1.54, 1.807) is 31.2 Å². The van der Waals surface area contributed by atoms with Crippen molar-refractivity contribution in [1.29, 1.82) is 0 Å². The van der Waals surface area contributed by atoms with Gasteiger partial charge in [0, 0.05) is 5.75 Å². The van der Waals surface area contributed by atoms with Crippen molar-refractivity contribution < 1.29 is 18.3 Å². The van der Waals surface area contributed by atoms with Crippen LogP contribution in [0.1, 0.15) is 18.9 Å². The molecule has 9 heteroatoms. The van der Waals surface area contributed by atoms with E-state index in [9.17, 15) is 13.6 Å². The molecule has 3 rings (SSSR count). The first-order chi connectivity index (χ1) is 13.5. The van der Waals surface area contributed by atoms with Gasteiger partial charge in [-0.2, -0.15) is 0 Å². The monoisotopic (exact) mass is 421 g/mol. The van der Waals surface area contributed by atoms with E-state index in [4.69, 9.17) is 4.74 Å². The lowest BCUT2D eigenvalue weighted by Gasteiger charge is -2.16. The summed E-state index contributed by atoms with van der Waals surface area (Å²) >= 11 is 2.66. The molecular formula is C19H17F2N3O2S2. The van der Waals surface area contributed by atoms with Crippen molar-refractivity contribution in [2.75, 3.05) is 5.32 Å². The minimum Gasteiger partial charge on any atom is -0.478 e. The highest BCUT2D eigenvalue weighted by Crippen LogP contribution is 2.28. The highest BCUT2D eigenvalue weighted by molar-refractivity contribution is 8.00. The maximum atomic E-state index is 13.7. The third kappa shape index (κ3) is 5.49. The average Bonchev–Trinajstić information content (AvgIpc) is 3.14. The number of nitrogens with zero attached hydrogens (tertiary/aromatic N) is 2. The van der Waals surface area contributed by atoms with Gasteiger partial charge in [0.15, 0.2) is 22.0 Å². The number of carbonyl (C=O) groups is 1. The summed E-state index contributed by atoms with van der Waals surface area (Å²) in [6.45, 7) is 1.77. The van der Waals surface area contributed by atoms with Gasteiger partial charge in [0.25, 0.3) is 5.91 Å². The van der Waals surface area contributed by atoms with Crippen molar-refractivity contribution in [2.24, 2.45) is 0 Å².